The van der Waals surface area contributed by atoms with E-state index in [9.17, 15) is 4.79 Å². The van der Waals surface area contributed by atoms with E-state index in [2.05, 4.69) is 16.3 Å². The van der Waals surface area contributed by atoms with E-state index in [-0.39, 0.29) is 11.9 Å². The lowest BCUT2D eigenvalue weighted by molar-refractivity contribution is -0.124. The summed E-state index contributed by atoms with van der Waals surface area (Å²) in [6.07, 6.45) is 0. The van der Waals surface area contributed by atoms with Gasteiger partial charge in [-0.3, -0.25) is 4.79 Å². The molecule has 0 aliphatic carbocycles. The second-order valence-electron chi connectivity index (χ2n) is 5.01. The van der Waals surface area contributed by atoms with Crippen molar-refractivity contribution in [3.63, 3.8) is 0 Å². The number of nitrogens with zero attached hydrogens (tertiary/aromatic N) is 1. The molecule has 0 radical (unpaired) electrons. The Hall–Kier alpha value is -1.59. The third-order valence-corrected chi connectivity index (χ3v) is 3.55. The predicted molar refractivity (Wildman–Crippen MR) is 79.7 cm³/mol. The number of carbonyl (C=O) groups is 1. The zero-order valence-corrected chi connectivity index (χ0v) is 12.2. The summed E-state index contributed by atoms with van der Waals surface area (Å²) in [5.41, 5.74) is 9.10. The number of amides is 1. The highest BCUT2D eigenvalue weighted by molar-refractivity contribution is 5.86. The minimum absolute atomic E-state index is 0.0108. The monoisotopic (exact) mass is 277 g/mol. The van der Waals surface area contributed by atoms with Gasteiger partial charge in [0, 0.05) is 25.3 Å². The zero-order chi connectivity index (χ0) is 14.5. The standard InChI is InChI=1S/C15H23N3O2/c1-3-17-15(19)14-10-20-7-6-18(14)13-8-11(2)4-5-12(13)9-16/h4-5,8,14H,3,6-7,9-10,16H2,1-2H3,(H,17,19). The van der Waals surface area contributed by atoms with Crippen molar-refractivity contribution < 1.29 is 9.53 Å². The molecule has 1 aliphatic heterocycles. The van der Waals surface area contributed by atoms with Gasteiger partial charge >= 0.3 is 0 Å². The Labute approximate surface area is 120 Å². The lowest BCUT2D eigenvalue weighted by Gasteiger charge is -2.37. The molecule has 0 saturated carbocycles. The second-order valence-corrected chi connectivity index (χ2v) is 5.01. The first kappa shape index (κ1) is 14.8. The van der Waals surface area contributed by atoms with Crippen molar-refractivity contribution in [3.8, 4) is 0 Å². The average molecular weight is 277 g/mol. The molecule has 0 spiro atoms. The van der Waals surface area contributed by atoms with Crippen LogP contribution in [0.25, 0.3) is 0 Å². The Bertz CT molecular complexity index is 476. The highest BCUT2D eigenvalue weighted by Crippen LogP contribution is 2.25. The van der Waals surface area contributed by atoms with Crippen LogP contribution in [0.15, 0.2) is 18.2 Å². The predicted octanol–water partition coefficient (Wildman–Crippen LogP) is 0.795. The van der Waals surface area contributed by atoms with Gasteiger partial charge in [-0.1, -0.05) is 12.1 Å². The van der Waals surface area contributed by atoms with E-state index in [0.29, 0.717) is 32.8 Å². The maximum Gasteiger partial charge on any atom is 0.245 e. The second kappa shape index (κ2) is 6.72. The molecule has 2 rings (SSSR count). The Kier molecular flexibility index (Phi) is 4.98. The number of ether oxygens (including phenoxy) is 1. The number of rotatable bonds is 4. The smallest absolute Gasteiger partial charge is 0.245 e. The minimum atomic E-state index is -0.282. The molecule has 110 valence electrons. The normalized spacial score (nSPS) is 18.9. The first-order valence-corrected chi connectivity index (χ1v) is 7.09. The maximum atomic E-state index is 12.2. The number of anilines is 1. The van der Waals surface area contributed by atoms with Gasteiger partial charge in [-0.05, 0) is 31.0 Å². The maximum absolute atomic E-state index is 12.2. The highest BCUT2D eigenvalue weighted by atomic mass is 16.5. The summed E-state index contributed by atoms with van der Waals surface area (Å²) >= 11 is 0. The van der Waals surface area contributed by atoms with E-state index >= 15 is 0 Å². The molecular formula is C15H23N3O2. The van der Waals surface area contributed by atoms with Gasteiger partial charge in [0.15, 0.2) is 0 Å². The lowest BCUT2D eigenvalue weighted by atomic mass is 10.1. The van der Waals surface area contributed by atoms with Crippen LogP contribution in [0.2, 0.25) is 0 Å². The van der Waals surface area contributed by atoms with Crippen LogP contribution in [0.4, 0.5) is 5.69 Å². The molecule has 3 N–H and O–H groups in total. The Balaban J connectivity index is 2.32. The van der Waals surface area contributed by atoms with E-state index in [1.165, 1.54) is 5.56 Å². The summed E-state index contributed by atoms with van der Waals surface area (Å²) in [7, 11) is 0. The van der Waals surface area contributed by atoms with Crippen molar-refractivity contribution in [1.29, 1.82) is 0 Å². The minimum Gasteiger partial charge on any atom is -0.377 e. The van der Waals surface area contributed by atoms with Gasteiger partial charge in [-0.2, -0.15) is 0 Å². The van der Waals surface area contributed by atoms with Crippen LogP contribution in [0.3, 0.4) is 0 Å². The van der Waals surface area contributed by atoms with Crippen LogP contribution in [-0.4, -0.2) is 38.3 Å². The van der Waals surface area contributed by atoms with E-state index in [1.54, 1.807) is 0 Å². The van der Waals surface area contributed by atoms with Crippen LogP contribution >= 0.6 is 0 Å². The van der Waals surface area contributed by atoms with E-state index in [4.69, 9.17) is 10.5 Å². The molecule has 1 amide bonds. The molecular weight excluding hydrogens is 254 g/mol. The summed E-state index contributed by atoms with van der Waals surface area (Å²) in [6.45, 7) is 6.82. The average Bonchev–Trinajstić information content (AvgIpc) is 2.47. The molecule has 1 aromatic carbocycles. The molecule has 20 heavy (non-hydrogen) atoms. The molecule has 1 aromatic rings. The van der Waals surface area contributed by atoms with Crippen molar-refractivity contribution in [2.45, 2.75) is 26.4 Å². The van der Waals surface area contributed by atoms with Crippen molar-refractivity contribution in [3.05, 3.63) is 29.3 Å². The molecule has 0 bridgehead atoms. The van der Waals surface area contributed by atoms with E-state index < -0.39 is 0 Å². The molecule has 1 aliphatic rings. The summed E-state index contributed by atoms with van der Waals surface area (Å²) in [5, 5.41) is 2.88. The van der Waals surface area contributed by atoms with E-state index in [0.717, 1.165) is 11.3 Å². The van der Waals surface area contributed by atoms with Crippen molar-refractivity contribution in [2.75, 3.05) is 31.2 Å². The number of nitrogens with two attached hydrogens (primary N) is 1. The van der Waals surface area contributed by atoms with Gasteiger partial charge in [-0.15, -0.1) is 0 Å². The van der Waals surface area contributed by atoms with Crippen LogP contribution in [0.5, 0.6) is 0 Å². The summed E-state index contributed by atoms with van der Waals surface area (Å²) in [4.78, 5) is 14.3. The molecule has 1 fully saturated rings. The topological polar surface area (TPSA) is 67.6 Å². The number of morpholine rings is 1. The fourth-order valence-corrected chi connectivity index (χ4v) is 2.52. The quantitative estimate of drug-likeness (QED) is 0.854. The SMILES string of the molecule is CCNC(=O)C1COCCN1c1cc(C)ccc1CN. The third kappa shape index (κ3) is 3.11. The molecule has 1 saturated heterocycles. The first-order valence-electron chi connectivity index (χ1n) is 7.09. The molecule has 0 aromatic heterocycles. The molecule has 1 atom stereocenters. The number of hydrogen-bond donors (Lipinski definition) is 2. The first-order chi connectivity index (χ1) is 9.67. The van der Waals surface area contributed by atoms with Gasteiger partial charge in [0.05, 0.1) is 13.2 Å². The fourth-order valence-electron chi connectivity index (χ4n) is 2.52. The molecule has 1 heterocycles. The largest absolute Gasteiger partial charge is 0.377 e. The van der Waals surface area contributed by atoms with Crippen molar-refractivity contribution >= 4 is 11.6 Å². The summed E-state index contributed by atoms with van der Waals surface area (Å²) in [6, 6.07) is 5.90. The van der Waals surface area contributed by atoms with Gasteiger partial charge in [0.25, 0.3) is 0 Å². The molecule has 1 unspecified atom stereocenters. The Morgan fingerprint density at radius 2 is 2.35 bits per heavy atom. The Morgan fingerprint density at radius 1 is 1.55 bits per heavy atom. The molecule has 5 heteroatoms. The van der Waals surface area contributed by atoms with Gasteiger partial charge < -0.3 is 20.7 Å². The summed E-state index contributed by atoms with van der Waals surface area (Å²) in [5.74, 6) is 0.0108. The van der Waals surface area contributed by atoms with Crippen LogP contribution in [0, 0.1) is 6.92 Å². The van der Waals surface area contributed by atoms with E-state index in [1.807, 2.05) is 26.0 Å². The van der Waals surface area contributed by atoms with Gasteiger partial charge in [0.1, 0.15) is 6.04 Å². The zero-order valence-electron chi connectivity index (χ0n) is 12.2. The summed E-state index contributed by atoms with van der Waals surface area (Å²) < 4.78 is 5.47. The number of nitrogens with one attached hydrogen (secondary N) is 1. The highest BCUT2D eigenvalue weighted by Gasteiger charge is 2.30. The fraction of sp³-hybridized carbons (Fsp3) is 0.533. The Morgan fingerprint density at radius 3 is 3.05 bits per heavy atom. The van der Waals surface area contributed by atoms with Gasteiger partial charge in [0.2, 0.25) is 5.91 Å². The number of likely N-dealkylation sites (N-methyl/N-ethyl adjacent to an activating group) is 1. The number of hydrogen-bond acceptors (Lipinski definition) is 4. The number of carbonyl (C=O) groups excluding carboxylic acids is 1. The van der Waals surface area contributed by atoms with Crippen molar-refractivity contribution in [2.24, 2.45) is 5.73 Å². The van der Waals surface area contributed by atoms with Crippen LogP contribution in [-0.2, 0) is 16.1 Å². The number of aryl methyl sites for hydroxylation is 1. The van der Waals surface area contributed by atoms with Crippen LogP contribution in [0.1, 0.15) is 18.1 Å². The third-order valence-electron chi connectivity index (χ3n) is 3.55. The van der Waals surface area contributed by atoms with Gasteiger partial charge in [-0.25, -0.2) is 0 Å². The van der Waals surface area contributed by atoms with Crippen molar-refractivity contribution in [1.82, 2.24) is 5.32 Å². The van der Waals surface area contributed by atoms with Crippen LogP contribution < -0.4 is 16.0 Å². The number of benzene rings is 1. The lowest BCUT2D eigenvalue weighted by Crippen LogP contribution is -2.54. The molecule has 5 nitrogen and oxygen atoms in total.